The fourth-order valence-electron chi connectivity index (χ4n) is 1.89. The molecule has 0 aromatic heterocycles. The molecule has 0 N–H and O–H groups in total. The predicted octanol–water partition coefficient (Wildman–Crippen LogP) is 2.75. The minimum Gasteiger partial charge on any atom is -0.497 e. The van der Waals surface area contributed by atoms with Crippen molar-refractivity contribution >= 4 is 5.91 Å². The van der Waals surface area contributed by atoms with Gasteiger partial charge in [-0.1, -0.05) is 13.8 Å². The van der Waals surface area contributed by atoms with E-state index < -0.39 is 0 Å². The minimum absolute atomic E-state index is 0.0946. The van der Waals surface area contributed by atoms with Crippen LogP contribution in [0.2, 0.25) is 0 Å². The van der Waals surface area contributed by atoms with Crippen LogP contribution in [0.5, 0.6) is 11.5 Å². The van der Waals surface area contributed by atoms with Crippen LogP contribution >= 0.6 is 0 Å². The monoisotopic (exact) mass is 279 g/mol. The van der Waals surface area contributed by atoms with Crippen LogP contribution in [0.15, 0.2) is 18.2 Å². The van der Waals surface area contributed by atoms with Crippen molar-refractivity contribution in [2.45, 2.75) is 26.7 Å². The van der Waals surface area contributed by atoms with Crippen LogP contribution < -0.4 is 9.47 Å². The van der Waals surface area contributed by atoms with Gasteiger partial charge in [0.15, 0.2) is 0 Å². The van der Waals surface area contributed by atoms with Gasteiger partial charge in [0, 0.05) is 19.2 Å². The first-order chi connectivity index (χ1) is 9.47. The third kappa shape index (κ3) is 4.76. The number of rotatable bonds is 7. The van der Waals surface area contributed by atoms with Crippen molar-refractivity contribution in [3.63, 3.8) is 0 Å². The SMILES string of the molecule is COc1ccc(OC)c(CC(=O)N(C)CCC(C)C)c1. The summed E-state index contributed by atoms with van der Waals surface area (Å²) in [6, 6.07) is 5.51. The van der Waals surface area contributed by atoms with E-state index in [1.54, 1.807) is 19.1 Å². The van der Waals surface area contributed by atoms with Gasteiger partial charge in [0.25, 0.3) is 0 Å². The summed E-state index contributed by atoms with van der Waals surface area (Å²) in [6.07, 6.45) is 1.34. The van der Waals surface area contributed by atoms with E-state index >= 15 is 0 Å². The largest absolute Gasteiger partial charge is 0.497 e. The third-order valence-corrected chi connectivity index (χ3v) is 3.30. The van der Waals surface area contributed by atoms with Crippen LogP contribution in [-0.2, 0) is 11.2 Å². The molecule has 0 saturated carbocycles. The van der Waals surface area contributed by atoms with Crippen molar-refractivity contribution in [3.8, 4) is 11.5 Å². The molecule has 0 fully saturated rings. The molecule has 0 atom stereocenters. The number of ether oxygens (including phenoxy) is 2. The summed E-state index contributed by atoms with van der Waals surface area (Å²) in [4.78, 5) is 14.0. The molecule has 0 bridgehead atoms. The number of nitrogens with zero attached hydrogens (tertiary/aromatic N) is 1. The first-order valence-corrected chi connectivity index (χ1v) is 6.92. The first-order valence-electron chi connectivity index (χ1n) is 6.92. The average molecular weight is 279 g/mol. The van der Waals surface area contributed by atoms with Gasteiger partial charge >= 0.3 is 0 Å². The molecule has 0 aliphatic carbocycles. The maximum absolute atomic E-state index is 12.2. The Morgan fingerprint density at radius 1 is 1.25 bits per heavy atom. The minimum atomic E-state index is 0.0946. The number of likely N-dealkylation sites (N-methyl/N-ethyl adjacent to an activating group) is 1. The Morgan fingerprint density at radius 2 is 1.95 bits per heavy atom. The summed E-state index contributed by atoms with van der Waals surface area (Å²) >= 11 is 0. The van der Waals surface area contributed by atoms with Crippen LogP contribution in [0.4, 0.5) is 0 Å². The summed E-state index contributed by atoms with van der Waals surface area (Å²) in [5, 5.41) is 0. The second-order valence-corrected chi connectivity index (χ2v) is 5.35. The summed E-state index contributed by atoms with van der Waals surface area (Å²) in [5.41, 5.74) is 0.855. The molecule has 0 radical (unpaired) electrons. The van der Waals surface area contributed by atoms with E-state index in [1.165, 1.54) is 0 Å². The Bertz CT molecular complexity index is 443. The van der Waals surface area contributed by atoms with E-state index in [0.29, 0.717) is 12.3 Å². The van der Waals surface area contributed by atoms with Crippen LogP contribution in [-0.4, -0.2) is 38.6 Å². The fourth-order valence-corrected chi connectivity index (χ4v) is 1.89. The number of benzene rings is 1. The van der Waals surface area contributed by atoms with Crippen LogP contribution in [0.1, 0.15) is 25.8 Å². The molecule has 4 heteroatoms. The molecule has 4 nitrogen and oxygen atoms in total. The maximum atomic E-state index is 12.2. The van der Waals surface area contributed by atoms with Gasteiger partial charge in [0.05, 0.1) is 20.6 Å². The van der Waals surface area contributed by atoms with Gasteiger partial charge < -0.3 is 14.4 Å². The first kappa shape index (κ1) is 16.3. The van der Waals surface area contributed by atoms with Gasteiger partial charge in [-0.25, -0.2) is 0 Å². The molecule has 1 amide bonds. The molecule has 0 unspecified atom stereocenters. The van der Waals surface area contributed by atoms with Gasteiger partial charge in [0.1, 0.15) is 11.5 Å². The van der Waals surface area contributed by atoms with Crippen molar-refractivity contribution in [3.05, 3.63) is 23.8 Å². The van der Waals surface area contributed by atoms with Crippen molar-refractivity contribution < 1.29 is 14.3 Å². The number of amides is 1. The van der Waals surface area contributed by atoms with E-state index in [4.69, 9.17) is 9.47 Å². The molecule has 1 rings (SSSR count). The number of hydrogen-bond donors (Lipinski definition) is 0. The Hall–Kier alpha value is -1.71. The lowest BCUT2D eigenvalue weighted by Gasteiger charge is -2.19. The summed E-state index contributed by atoms with van der Waals surface area (Å²) in [6.45, 7) is 5.09. The quantitative estimate of drug-likeness (QED) is 0.770. The van der Waals surface area contributed by atoms with Crippen molar-refractivity contribution in [1.82, 2.24) is 4.90 Å². The molecule has 0 spiro atoms. The smallest absolute Gasteiger partial charge is 0.226 e. The lowest BCUT2D eigenvalue weighted by atomic mass is 10.1. The highest BCUT2D eigenvalue weighted by Gasteiger charge is 2.14. The normalized spacial score (nSPS) is 10.5. The van der Waals surface area contributed by atoms with E-state index in [0.717, 1.165) is 30.0 Å². The third-order valence-electron chi connectivity index (χ3n) is 3.30. The topological polar surface area (TPSA) is 38.8 Å². The van der Waals surface area contributed by atoms with Crippen molar-refractivity contribution in [1.29, 1.82) is 0 Å². The zero-order valence-corrected chi connectivity index (χ0v) is 13.1. The Balaban J connectivity index is 2.73. The van der Waals surface area contributed by atoms with Gasteiger partial charge in [-0.15, -0.1) is 0 Å². The van der Waals surface area contributed by atoms with Gasteiger partial charge in [-0.3, -0.25) is 4.79 Å². The lowest BCUT2D eigenvalue weighted by molar-refractivity contribution is -0.129. The zero-order chi connectivity index (χ0) is 15.1. The molecule has 0 aliphatic heterocycles. The number of carbonyl (C=O) groups excluding carboxylic acids is 1. The molecule has 1 aromatic carbocycles. The van der Waals surface area contributed by atoms with E-state index in [-0.39, 0.29) is 5.91 Å². The van der Waals surface area contributed by atoms with Gasteiger partial charge in [-0.05, 0) is 30.5 Å². The number of hydrogen-bond acceptors (Lipinski definition) is 3. The molecular formula is C16H25NO3. The highest BCUT2D eigenvalue weighted by Crippen LogP contribution is 2.24. The molecule has 0 saturated heterocycles. The number of carbonyl (C=O) groups is 1. The fraction of sp³-hybridized carbons (Fsp3) is 0.562. The van der Waals surface area contributed by atoms with Crippen LogP contribution in [0.3, 0.4) is 0 Å². The van der Waals surface area contributed by atoms with E-state index in [1.807, 2.05) is 25.2 Å². The maximum Gasteiger partial charge on any atom is 0.226 e. The molecule has 1 aromatic rings. The highest BCUT2D eigenvalue weighted by molar-refractivity contribution is 5.79. The van der Waals surface area contributed by atoms with Crippen molar-refractivity contribution in [2.75, 3.05) is 27.8 Å². The summed E-state index contributed by atoms with van der Waals surface area (Å²) < 4.78 is 10.5. The Kier molecular flexibility index (Phi) is 6.36. The standard InChI is InChI=1S/C16H25NO3/c1-12(2)8-9-17(3)16(18)11-13-10-14(19-4)6-7-15(13)20-5/h6-7,10,12H,8-9,11H2,1-5H3. The molecule has 0 heterocycles. The van der Waals surface area contributed by atoms with E-state index in [9.17, 15) is 4.79 Å². The highest BCUT2D eigenvalue weighted by atomic mass is 16.5. The van der Waals surface area contributed by atoms with Crippen LogP contribution in [0, 0.1) is 5.92 Å². The zero-order valence-electron chi connectivity index (χ0n) is 13.1. The van der Waals surface area contributed by atoms with Gasteiger partial charge in [-0.2, -0.15) is 0 Å². The van der Waals surface area contributed by atoms with Gasteiger partial charge in [0.2, 0.25) is 5.91 Å². The average Bonchev–Trinajstić information content (AvgIpc) is 2.44. The second kappa shape index (κ2) is 7.78. The van der Waals surface area contributed by atoms with E-state index in [2.05, 4.69) is 13.8 Å². The summed E-state index contributed by atoms with van der Waals surface area (Å²) in [7, 11) is 5.07. The lowest BCUT2D eigenvalue weighted by Crippen LogP contribution is -2.30. The summed E-state index contributed by atoms with van der Waals surface area (Å²) in [5.74, 6) is 2.14. The Morgan fingerprint density at radius 3 is 2.50 bits per heavy atom. The predicted molar refractivity (Wildman–Crippen MR) is 80.3 cm³/mol. The second-order valence-electron chi connectivity index (χ2n) is 5.35. The Labute approximate surface area is 121 Å². The van der Waals surface area contributed by atoms with Crippen molar-refractivity contribution in [2.24, 2.45) is 5.92 Å². The molecule has 112 valence electrons. The molecular weight excluding hydrogens is 254 g/mol. The van der Waals surface area contributed by atoms with Crippen LogP contribution in [0.25, 0.3) is 0 Å². The molecule has 20 heavy (non-hydrogen) atoms. The molecule has 0 aliphatic rings. The number of methoxy groups -OCH3 is 2.